The summed E-state index contributed by atoms with van der Waals surface area (Å²) >= 11 is 0. The third kappa shape index (κ3) is 1.59. The highest BCUT2D eigenvalue weighted by Crippen LogP contribution is 2.32. The summed E-state index contributed by atoms with van der Waals surface area (Å²) < 4.78 is 5.15. The zero-order valence-electron chi connectivity index (χ0n) is 5.79. The van der Waals surface area contributed by atoms with Crippen LogP contribution in [-0.4, -0.2) is 19.2 Å². The van der Waals surface area contributed by atoms with E-state index in [1.807, 2.05) is 0 Å². The lowest BCUT2D eigenvalue weighted by Crippen LogP contribution is -2.17. The molecule has 0 heterocycles. The van der Waals surface area contributed by atoms with Gasteiger partial charge in [0, 0.05) is 7.05 Å². The van der Waals surface area contributed by atoms with E-state index in [0.29, 0.717) is 18.0 Å². The summed E-state index contributed by atoms with van der Waals surface area (Å²) in [6.45, 7) is 2.13. The standard InChI is InChI=1S/C6H12N2O/c1-4-3-5(4)9-6(7)8-2/h4-5H,3H2,1-2H3,(H2,7,8)/t4-,5+/m0/s1. The quantitative estimate of drug-likeness (QED) is 0.409. The highest BCUT2D eigenvalue weighted by molar-refractivity contribution is 5.71. The molecule has 0 aliphatic heterocycles. The molecule has 0 bridgehead atoms. The van der Waals surface area contributed by atoms with Crippen molar-refractivity contribution in [3.05, 3.63) is 0 Å². The molecule has 1 aliphatic carbocycles. The second kappa shape index (κ2) is 2.25. The highest BCUT2D eigenvalue weighted by Gasteiger charge is 2.35. The molecule has 0 radical (unpaired) electrons. The predicted molar refractivity (Wildman–Crippen MR) is 36.2 cm³/mol. The zero-order chi connectivity index (χ0) is 6.85. The number of ether oxygens (including phenoxy) is 1. The predicted octanol–water partition coefficient (Wildman–Crippen LogP) is 0.356. The fraction of sp³-hybridized carbons (Fsp3) is 0.833. The van der Waals surface area contributed by atoms with Gasteiger partial charge in [-0.3, -0.25) is 0 Å². The fourth-order valence-corrected chi connectivity index (χ4v) is 0.660. The Balaban J connectivity index is 2.19. The van der Waals surface area contributed by atoms with E-state index < -0.39 is 0 Å². The van der Waals surface area contributed by atoms with Gasteiger partial charge in [0.15, 0.2) is 0 Å². The molecule has 1 rings (SSSR count). The van der Waals surface area contributed by atoms with E-state index in [9.17, 15) is 0 Å². The molecule has 2 atom stereocenters. The van der Waals surface area contributed by atoms with E-state index in [0.717, 1.165) is 6.42 Å². The Hall–Kier alpha value is -0.730. The van der Waals surface area contributed by atoms with Crippen LogP contribution in [0.4, 0.5) is 0 Å². The summed E-state index contributed by atoms with van der Waals surface area (Å²) in [6, 6.07) is 0.310. The summed E-state index contributed by atoms with van der Waals surface area (Å²) in [5, 5.41) is 0. The minimum absolute atomic E-state index is 0.310. The van der Waals surface area contributed by atoms with Crippen molar-refractivity contribution in [1.82, 2.24) is 0 Å². The van der Waals surface area contributed by atoms with Gasteiger partial charge in [-0.05, 0) is 12.3 Å². The molecule has 3 heteroatoms. The molecule has 1 aliphatic rings. The van der Waals surface area contributed by atoms with Gasteiger partial charge in [-0.15, -0.1) is 0 Å². The molecule has 0 spiro atoms. The summed E-state index contributed by atoms with van der Waals surface area (Å²) in [5.41, 5.74) is 5.30. The topological polar surface area (TPSA) is 47.6 Å². The molecular weight excluding hydrogens is 116 g/mol. The van der Waals surface area contributed by atoms with Gasteiger partial charge in [-0.1, -0.05) is 6.92 Å². The molecule has 3 nitrogen and oxygen atoms in total. The minimum Gasteiger partial charge on any atom is -0.462 e. The molecule has 9 heavy (non-hydrogen) atoms. The number of hydrogen-bond donors (Lipinski definition) is 1. The van der Waals surface area contributed by atoms with Gasteiger partial charge in [0.1, 0.15) is 6.10 Å². The lowest BCUT2D eigenvalue weighted by molar-refractivity contribution is 0.269. The van der Waals surface area contributed by atoms with Crippen molar-refractivity contribution in [2.45, 2.75) is 19.4 Å². The lowest BCUT2D eigenvalue weighted by atomic mass is 10.5. The molecule has 1 saturated carbocycles. The van der Waals surface area contributed by atoms with Crippen LogP contribution in [0.1, 0.15) is 13.3 Å². The molecule has 52 valence electrons. The van der Waals surface area contributed by atoms with Gasteiger partial charge in [0.25, 0.3) is 6.02 Å². The van der Waals surface area contributed by atoms with Crippen molar-refractivity contribution in [3.8, 4) is 0 Å². The molecular formula is C6H12N2O. The van der Waals surface area contributed by atoms with Crippen molar-refractivity contribution >= 4 is 6.02 Å². The number of nitrogens with zero attached hydrogens (tertiary/aromatic N) is 1. The van der Waals surface area contributed by atoms with Gasteiger partial charge in [0.05, 0.1) is 0 Å². The maximum absolute atomic E-state index is 5.30. The Bertz CT molecular complexity index is 133. The molecule has 0 aromatic rings. The second-order valence-corrected chi connectivity index (χ2v) is 2.43. The van der Waals surface area contributed by atoms with E-state index >= 15 is 0 Å². The molecule has 0 aromatic heterocycles. The smallest absolute Gasteiger partial charge is 0.281 e. The van der Waals surface area contributed by atoms with Crippen LogP contribution < -0.4 is 5.73 Å². The SMILES string of the molecule is CN=C(N)O[C@@H]1C[C@@H]1C. The van der Waals surface area contributed by atoms with E-state index in [1.54, 1.807) is 7.05 Å². The van der Waals surface area contributed by atoms with E-state index in [4.69, 9.17) is 10.5 Å². The Labute approximate surface area is 54.9 Å². The minimum atomic E-state index is 0.310. The maximum atomic E-state index is 5.30. The molecule has 2 N–H and O–H groups in total. The summed E-state index contributed by atoms with van der Waals surface area (Å²) in [7, 11) is 1.63. The van der Waals surface area contributed by atoms with Crippen LogP contribution in [0.5, 0.6) is 0 Å². The number of nitrogens with two attached hydrogens (primary N) is 1. The zero-order valence-corrected chi connectivity index (χ0v) is 5.79. The molecule has 0 unspecified atom stereocenters. The number of aliphatic imine (C=N–C) groups is 1. The van der Waals surface area contributed by atoms with Crippen molar-refractivity contribution in [2.24, 2.45) is 16.6 Å². The lowest BCUT2D eigenvalue weighted by Gasteiger charge is -1.99. The Kier molecular flexibility index (Phi) is 1.60. The van der Waals surface area contributed by atoms with Gasteiger partial charge in [0.2, 0.25) is 0 Å². The van der Waals surface area contributed by atoms with Crippen LogP contribution in [0.25, 0.3) is 0 Å². The van der Waals surface area contributed by atoms with Crippen molar-refractivity contribution in [3.63, 3.8) is 0 Å². The van der Waals surface area contributed by atoms with Crippen LogP contribution in [0, 0.1) is 5.92 Å². The van der Waals surface area contributed by atoms with Crippen LogP contribution in [0.2, 0.25) is 0 Å². The number of amidine groups is 1. The van der Waals surface area contributed by atoms with Gasteiger partial charge >= 0.3 is 0 Å². The Morgan fingerprint density at radius 2 is 2.33 bits per heavy atom. The Morgan fingerprint density at radius 1 is 1.78 bits per heavy atom. The third-order valence-corrected chi connectivity index (χ3v) is 1.53. The first kappa shape index (κ1) is 6.39. The summed E-state index contributed by atoms with van der Waals surface area (Å²) in [5.74, 6) is 0.672. The van der Waals surface area contributed by atoms with E-state index in [1.165, 1.54) is 0 Å². The average molecular weight is 128 g/mol. The largest absolute Gasteiger partial charge is 0.462 e. The molecule has 1 fully saturated rings. The monoisotopic (exact) mass is 128 g/mol. The van der Waals surface area contributed by atoms with Crippen molar-refractivity contribution in [2.75, 3.05) is 7.05 Å². The number of rotatable bonds is 1. The molecule has 0 amide bonds. The van der Waals surface area contributed by atoms with Crippen LogP contribution in [-0.2, 0) is 4.74 Å². The van der Waals surface area contributed by atoms with Gasteiger partial charge in [-0.2, -0.15) is 0 Å². The molecule has 0 saturated heterocycles. The second-order valence-electron chi connectivity index (χ2n) is 2.43. The first-order valence-electron chi connectivity index (χ1n) is 3.13. The van der Waals surface area contributed by atoms with Crippen molar-refractivity contribution in [1.29, 1.82) is 0 Å². The van der Waals surface area contributed by atoms with Gasteiger partial charge in [-0.25, -0.2) is 4.99 Å². The fourth-order valence-electron chi connectivity index (χ4n) is 0.660. The van der Waals surface area contributed by atoms with E-state index in [2.05, 4.69) is 11.9 Å². The van der Waals surface area contributed by atoms with Crippen LogP contribution in [0.3, 0.4) is 0 Å². The van der Waals surface area contributed by atoms with Crippen molar-refractivity contribution < 1.29 is 4.74 Å². The normalized spacial score (nSPS) is 34.2. The first-order valence-corrected chi connectivity index (χ1v) is 3.13. The van der Waals surface area contributed by atoms with Crippen LogP contribution in [0.15, 0.2) is 4.99 Å². The Morgan fingerprint density at radius 3 is 2.67 bits per heavy atom. The van der Waals surface area contributed by atoms with E-state index in [-0.39, 0.29) is 0 Å². The maximum Gasteiger partial charge on any atom is 0.281 e. The number of hydrogen-bond acceptors (Lipinski definition) is 2. The van der Waals surface area contributed by atoms with Crippen LogP contribution >= 0.6 is 0 Å². The summed E-state index contributed by atoms with van der Waals surface area (Å²) in [6.07, 6.45) is 1.46. The molecule has 0 aromatic carbocycles. The summed E-state index contributed by atoms with van der Waals surface area (Å²) in [4.78, 5) is 3.68. The van der Waals surface area contributed by atoms with Gasteiger partial charge < -0.3 is 10.5 Å². The first-order chi connectivity index (χ1) is 4.24. The third-order valence-electron chi connectivity index (χ3n) is 1.53. The highest BCUT2D eigenvalue weighted by atomic mass is 16.5. The average Bonchev–Trinajstić information content (AvgIpc) is 2.47.